The molecule has 2 aromatic rings. The highest BCUT2D eigenvalue weighted by molar-refractivity contribution is 6.30. The third-order valence-corrected chi connectivity index (χ3v) is 4.09. The summed E-state index contributed by atoms with van der Waals surface area (Å²) in [5.41, 5.74) is 1.44. The fourth-order valence-corrected chi connectivity index (χ4v) is 2.78. The summed E-state index contributed by atoms with van der Waals surface area (Å²) in [6.07, 6.45) is 0.506. The molecule has 2 aromatic carbocycles. The SMILES string of the molecule is COc1ccc(COC(=O)[C@H]2COc3ccc(Cl)cc3C2)cc1F. The zero-order chi connectivity index (χ0) is 17.1. The van der Waals surface area contributed by atoms with Gasteiger partial charge < -0.3 is 14.2 Å². The molecule has 126 valence electrons. The zero-order valence-electron chi connectivity index (χ0n) is 13.1. The molecule has 0 aromatic heterocycles. The average Bonchev–Trinajstić information content (AvgIpc) is 2.59. The van der Waals surface area contributed by atoms with Gasteiger partial charge in [-0.3, -0.25) is 4.79 Å². The van der Waals surface area contributed by atoms with Crippen molar-refractivity contribution in [1.29, 1.82) is 0 Å². The summed E-state index contributed by atoms with van der Waals surface area (Å²) in [5, 5.41) is 0.597. The van der Waals surface area contributed by atoms with Crippen LogP contribution in [0.1, 0.15) is 11.1 Å². The molecule has 1 aliphatic heterocycles. The molecule has 0 unspecified atom stereocenters. The molecular weight excluding hydrogens is 335 g/mol. The van der Waals surface area contributed by atoms with E-state index in [2.05, 4.69) is 0 Å². The highest BCUT2D eigenvalue weighted by Gasteiger charge is 2.27. The van der Waals surface area contributed by atoms with Gasteiger partial charge in [0, 0.05) is 5.02 Å². The van der Waals surface area contributed by atoms with Gasteiger partial charge in [0.15, 0.2) is 11.6 Å². The molecule has 0 fully saturated rings. The Morgan fingerprint density at radius 2 is 2.17 bits per heavy atom. The lowest BCUT2D eigenvalue weighted by Gasteiger charge is -2.24. The molecule has 0 N–H and O–H groups in total. The number of fused-ring (bicyclic) bond motifs is 1. The molecule has 0 aliphatic carbocycles. The van der Waals surface area contributed by atoms with Crippen LogP contribution in [0, 0.1) is 11.7 Å². The van der Waals surface area contributed by atoms with Crippen molar-refractivity contribution in [2.45, 2.75) is 13.0 Å². The Bertz CT molecular complexity index is 763. The Hall–Kier alpha value is -2.27. The monoisotopic (exact) mass is 350 g/mol. The predicted octanol–water partition coefficient (Wildman–Crippen LogP) is 3.78. The van der Waals surface area contributed by atoms with E-state index in [0.717, 1.165) is 11.3 Å². The number of hydrogen-bond acceptors (Lipinski definition) is 4. The van der Waals surface area contributed by atoms with E-state index in [4.69, 9.17) is 25.8 Å². The van der Waals surface area contributed by atoms with Gasteiger partial charge in [0.05, 0.1) is 13.0 Å². The first kappa shape index (κ1) is 16.6. The largest absolute Gasteiger partial charge is 0.494 e. The lowest BCUT2D eigenvalue weighted by Crippen LogP contribution is -2.29. The summed E-state index contributed by atoms with van der Waals surface area (Å²) in [6, 6.07) is 9.77. The molecule has 1 aliphatic rings. The molecule has 0 amide bonds. The molecular formula is C18H16ClFO4. The maximum absolute atomic E-state index is 13.6. The maximum Gasteiger partial charge on any atom is 0.313 e. The number of carbonyl (C=O) groups excluding carboxylic acids is 1. The van der Waals surface area contributed by atoms with Crippen LogP contribution in [-0.4, -0.2) is 19.7 Å². The van der Waals surface area contributed by atoms with Crippen LogP contribution in [-0.2, 0) is 22.6 Å². The van der Waals surface area contributed by atoms with Gasteiger partial charge in [-0.2, -0.15) is 0 Å². The van der Waals surface area contributed by atoms with Crippen LogP contribution in [0.25, 0.3) is 0 Å². The number of hydrogen-bond donors (Lipinski definition) is 0. The van der Waals surface area contributed by atoms with Crippen molar-refractivity contribution < 1.29 is 23.4 Å². The van der Waals surface area contributed by atoms with Crippen LogP contribution in [0.4, 0.5) is 4.39 Å². The first-order valence-corrected chi connectivity index (χ1v) is 7.85. The molecule has 3 rings (SSSR count). The molecule has 0 bridgehead atoms. The third kappa shape index (κ3) is 3.62. The molecule has 1 atom stereocenters. The summed E-state index contributed by atoms with van der Waals surface area (Å²) in [5.74, 6) is -0.383. The molecule has 4 nitrogen and oxygen atoms in total. The molecule has 0 spiro atoms. The van der Waals surface area contributed by atoms with Gasteiger partial charge in [0.1, 0.15) is 19.0 Å². The minimum absolute atomic E-state index is 0.00134. The van der Waals surface area contributed by atoms with E-state index in [1.165, 1.54) is 19.2 Å². The van der Waals surface area contributed by atoms with Gasteiger partial charge in [-0.25, -0.2) is 4.39 Å². The second-order valence-corrected chi connectivity index (χ2v) is 5.98. The number of esters is 1. The number of halogens is 2. The van der Waals surface area contributed by atoms with E-state index in [1.54, 1.807) is 24.3 Å². The second-order valence-electron chi connectivity index (χ2n) is 5.54. The fourth-order valence-electron chi connectivity index (χ4n) is 2.59. The van der Waals surface area contributed by atoms with Crippen molar-refractivity contribution in [2.75, 3.05) is 13.7 Å². The number of rotatable bonds is 4. The van der Waals surface area contributed by atoms with Gasteiger partial charge in [-0.1, -0.05) is 17.7 Å². The summed E-state index contributed by atoms with van der Waals surface area (Å²) in [4.78, 5) is 12.2. The van der Waals surface area contributed by atoms with Crippen LogP contribution in [0.2, 0.25) is 5.02 Å². The van der Waals surface area contributed by atoms with Crippen molar-refractivity contribution in [3.05, 3.63) is 58.4 Å². The number of carbonyl (C=O) groups is 1. The number of ether oxygens (including phenoxy) is 3. The minimum atomic E-state index is -0.490. The van der Waals surface area contributed by atoms with Crippen LogP contribution >= 0.6 is 11.6 Å². The highest BCUT2D eigenvalue weighted by Crippen LogP contribution is 2.30. The van der Waals surface area contributed by atoms with Crippen molar-refractivity contribution in [3.8, 4) is 11.5 Å². The zero-order valence-corrected chi connectivity index (χ0v) is 13.8. The molecule has 6 heteroatoms. The minimum Gasteiger partial charge on any atom is -0.494 e. The van der Waals surface area contributed by atoms with E-state index in [1.807, 2.05) is 0 Å². The van der Waals surface area contributed by atoms with Crippen molar-refractivity contribution in [3.63, 3.8) is 0 Å². The first-order valence-electron chi connectivity index (χ1n) is 7.47. The summed E-state index contributed by atoms with van der Waals surface area (Å²) in [6.45, 7) is 0.253. The van der Waals surface area contributed by atoms with Crippen LogP contribution in [0.15, 0.2) is 36.4 Å². The molecule has 1 heterocycles. The van der Waals surface area contributed by atoms with Gasteiger partial charge in [0.2, 0.25) is 0 Å². The standard InChI is InChI=1S/C18H16ClFO4/c1-22-17-4-2-11(6-15(17)20)9-24-18(21)13-7-12-8-14(19)3-5-16(12)23-10-13/h2-6,8,13H,7,9-10H2,1H3/t13-/m1/s1. The predicted molar refractivity (Wildman–Crippen MR) is 86.9 cm³/mol. The summed E-state index contributed by atoms with van der Waals surface area (Å²) < 4.78 is 29.3. The topological polar surface area (TPSA) is 44.8 Å². The van der Waals surface area contributed by atoms with E-state index in [0.29, 0.717) is 17.0 Å². The second kappa shape index (κ2) is 7.09. The molecule has 0 saturated heterocycles. The average molecular weight is 351 g/mol. The van der Waals surface area contributed by atoms with Gasteiger partial charge in [-0.05, 0) is 47.9 Å². The van der Waals surface area contributed by atoms with E-state index in [-0.39, 0.29) is 24.9 Å². The molecule has 0 radical (unpaired) electrons. The third-order valence-electron chi connectivity index (χ3n) is 3.86. The normalized spacial score (nSPS) is 16.0. The summed E-state index contributed by atoms with van der Waals surface area (Å²) >= 11 is 5.97. The number of methoxy groups -OCH3 is 1. The van der Waals surface area contributed by atoms with E-state index < -0.39 is 11.7 Å². The van der Waals surface area contributed by atoms with Crippen LogP contribution in [0.3, 0.4) is 0 Å². The van der Waals surface area contributed by atoms with E-state index >= 15 is 0 Å². The van der Waals surface area contributed by atoms with E-state index in [9.17, 15) is 9.18 Å². The Labute approximate surface area is 144 Å². The van der Waals surface area contributed by atoms with Crippen molar-refractivity contribution >= 4 is 17.6 Å². The lowest BCUT2D eigenvalue weighted by atomic mass is 9.97. The Balaban J connectivity index is 1.61. The Morgan fingerprint density at radius 3 is 2.92 bits per heavy atom. The molecule has 24 heavy (non-hydrogen) atoms. The number of benzene rings is 2. The Kier molecular flexibility index (Phi) is 4.90. The van der Waals surface area contributed by atoms with Crippen molar-refractivity contribution in [1.82, 2.24) is 0 Å². The lowest BCUT2D eigenvalue weighted by molar-refractivity contribution is -0.151. The van der Waals surface area contributed by atoms with Crippen LogP contribution in [0.5, 0.6) is 11.5 Å². The van der Waals surface area contributed by atoms with Crippen LogP contribution < -0.4 is 9.47 Å². The smallest absolute Gasteiger partial charge is 0.313 e. The first-order chi connectivity index (χ1) is 11.6. The fraction of sp³-hybridized carbons (Fsp3) is 0.278. The van der Waals surface area contributed by atoms with Gasteiger partial charge in [0.25, 0.3) is 0 Å². The highest BCUT2D eigenvalue weighted by atomic mass is 35.5. The summed E-state index contributed by atoms with van der Waals surface area (Å²) in [7, 11) is 1.39. The maximum atomic E-state index is 13.6. The van der Waals surface area contributed by atoms with Gasteiger partial charge >= 0.3 is 5.97 Å². The quantitative estimate of drug-likeness (QED) is 0.787. The van der Waals surface area contributed by atoms with Crippen molar-refractivity contribution in [2.24, 2.45) is 5.92 Å². The van der Waals surface area contributed by atoms with Gasteiger partial charge in [-0.15, -0.1) is 0 Å². The Morgan fingerprint density at radius 1 is 1.33 bits per heavy atom. The molecule has 0 saturated carbocycles.